The Labute approximate surface area is 248 Å². The van der Waals surface area contributed by atoms with Crippen LogP contribution in [0.25, 0.3) is 22.3 Å². The number of carbonyl (C=O) groups is 3. The molecule has 8 nitrogen and oxygen atoms in total. The third kappa shape index (κ3) is 5.45. The van der Waals surface area contributed by atoms with E-state index in [1.54, 1.807) is 6.07 Å². The summed E-state index contributed by atoms with van der Waals surface area (Å²) >= 11 is 3.68. The molecular weight excluding hydrogens is 584 g/mol. The number of carbonyl (C=O) groups excluding carboxylic acids is 3. The molecule has 0 spiro atoms. The fourth-order valence-electron chi connectivity index (χ4n) is 5.78. The number of hydrogen-bond acceptors (Lipinski definition) is 5. The molecule has 4 aromatic rings. The van der Waals surface area contributed by atoms with Crippen LogP contribution in [-0.2, 0) is 9.59 Å². The molecule has 0 saturated carbocycles. The molecule has 1 saturated heterocycles. The summed E-state index contributed by atoms with van der Waals surface area (Å²) in [6, 6.07) is 21.5. The minimum atomic E-state index is -0.549. The number of furan rings is 1. The summed E-state index contributed by atoms with van der Waals surface area (Å²) in [6.07, 6.45) is 1.59. The maximum Gasteiger partial charge on any atom is 0.428 e. The van der Waals surface area contributed by atoms with E-state index >= 15 is 0 Å². The zero-order valence-corrected chi connectivity index (χ0v) is 25.2. The van der Waals surface area contributed by atoms with Crippen molar-refractivity contribution in [3.05, 3.63) is 82.8 Å². The van der Waals surface area contributed by atoms with Crippen LogP contribution < -0.4 is 10.6 Å². The van der Waals surface area contributed by atoms with Gasteiger partial charge >= 0.3 is 11.9 Å². The van der Waals surface area contributed by atoms with Crippen LogP contribution in [0.5, 0.6) is 0 Å². The molecule has 0 aliphatic carbocycles. The van der Waals surface area contributed by atoms with E-state index in [9.17, 15) is 14.4 Å². The summed E-state index contributed by atoms with van der Waals surface area (Å²) in [5, 5.41) is 6.62. The number of hydrogen-bond donors (Lipinski definition) is 2. The van der Waals surface area contributed by atoms with Crippen molar-refractivity contribution in [2.75, 3.05) is 31.3 Å². The van der Waals surface area contributed by atoms with Gasteiger partial charge in [0.05, 0.1) is 11.0 Å². The van der Waals surface area contributed by atoms with Crippen LogP contribution in [0.3, 0.4) is 0 Å². The smallest absolute Gasteiger partial charge is 0.428 e. The predicted molar refractivity (Wildman–Crippen MR) is 164 cm³/mol. The van der Waals surface area contributed by atoms with Crippen LogP contribution in [0.1, 0.15) is 38.3 Å². The number of anilines is 2. The zero-order valence-electron chi connectivity index (χ0n) is 23.6. The van der Waals surface area contributed by atoms with Crippen LogP contribution in [0.2, 0.25) is 0 Å². The Morgan fingerprint density at radius 3 is 2.27 bits per heavy atom. The molecule has 0 bridgehead atoms. The molecule has 0 radical (unpaired) electrons. The average Bonchev–Trinajstić information content (AvgIpc) is 3.49. The fraction of sp³-hybridized carbons (Fsp3) is 0.281. The topological polar surface area (TPSA) is 91.6 Å². The molecular formula is C32H34BrN4O4+. The van der Waals surface area contributed by atoms with E-state index in [0.717, 1.165) is 33.8 Å². The lowest BCUT2D eigenvalue weighted by Crippen LogP contribution is -2.63. The predicted octanol–water partition coefficient (Wildman–Crippen LogP) is 7.18. The first-order valence-electron chi connectivity index (χ1n) is 13.7. The van der Waals surface area contributed by atoms with Gasteiger partial charge < -0.3 is 9.73 Å². The summed E-state index contributed by atoms with van der Waals surface area (Å²) in [7, 11) is 3.75. The second-order valence-corrected chi connectivity index (χ2v) is 11.6. The molecule has 3 aromatic carbocycles. The van der Waals surface area contributed by atoms with Gasteiger partial charge in [0, 0.05) is 42.1 Å². The van der Waals surface area contributed by atoms with Crippen molar-refractivity contribution >= 4 is 56.1 Å². The van der Waals surface area contributed by atoms with Crippen molar-refractivity contribution in [3.63, 3.8) is 0 Å². The van der Waals surface area contributed by atoms with Crippen molar-refractivity contribution in [1.29, 1.82) is 0 Å². The van der Waals surface area contributed by atoms with Crippen LogP contribution in [0.4, 0.5) is 16.2 Å². The number of imide groups is 1. The van der Waals surface area contributed by atoms with Gasteiger partial charge in [-0.2, -0.15) is 4.48 Å². The minimum Gasteiger partial charge on any atom is -0.455 e. The molecule has 2 heterocycles. The summed E-state index contributed by atoms with van der Waals surface area (Å²) in [5.74, 6) is 0.379. The molecule has 2 N–H and O–H groups in total. The highest BCUT2D eigenvalue weighted by atomic mass is 79.9. The van der Waals surface area contributed by atoms with Gasteiger partial charge in [-0.05, 0) is 85.0 Å². The molecule has 1 aliphatic heterocycles. The number of halogens is 1. The second kappa shape index (κ2) is 11.6. The van der Waals surface area contributed by atoms with Crippen molar-refractivity contribution in [1.82, 2.24) is 4.90 Å². The number of rotatable bonds is 6. The standard InChI is InChI=1S/C32H33BrN4O4/c1-20-9-8-18-37(20,31(39)29(36(3)4)22-10-6-5-7-11-22)32(40)35-25-16-17-27-26(19-25)28(33)30(41-27)23-12-14-24(15-13-23)34-21(2)38/h5-7,10-17,19-20,29H,8-9,18H2,1-4H3,(H-,34,35,38,40)/p+1/t20-,29-,37?/m1/s1. The number of quaternary nitrogens is 1. The Hall–Kier alpha value is -3.79. The van der Waals surface area contributed by atoms with E-state index in [0.29, 0.717) is 29.3 Å². The maximum absolute atomic E-state index is 14.3. The molecule has 4 amide bonds. The van der Waals surface area contributed by atoms with Gasteiger partial charge in [0.1, 0.15) is 17.4 Å². The lowest BCUT2D eigenvalue weighted by atomic mass is 10.0. The monoisotopic (exact) mass is 617 g/mol. The Balaban J connectivity index is 1.45. The van der Waals surface area contributed by atoms with E-state index < -0.39 is 6.04 Å². The first-order valence-corrected chi connectivity index (χ1v) is 14.5. The number of nitrogens with zero attached hydrogens (tertiary/aromatic N) is 2. The molecule has 5 rings (SSSR count). The van der Waals surface area contributed by atoms with E-state index in [1.165, 1.54) is 6.92 Å². The second-order valence-electron chi connectivity index (χ2n) is 10.8. The maximum atomic E-state index is 14.3. The van der Waals surface area contributed by atoms with E-state index in [2.05, 4.69) is 26.6 Å². The molecule has 1 aliphatic rings. The number of fused-ring (bicyclic) bond motifs is 1. The van der Waals surface area contributed by atoms with Gasteiger partial charge in [0.25, 0.3) is 0 Å². The summed E-state index contributed by atoms with van der Waals surface area (Å²) in [6.45, 7) is 3.91. The molecule has 212 valence electrons. The van der Waals surface area contributed by atoms with Crippen LogP contribution in [-0.4, -0.2) is 53.9 Å². The Bertz CT molecular complexity index is 1600. The van der Waals surface area contributed by atoms with Gasteiger partial charge in [-0.25, -0.2) is 9.59 Å². The van der Waals surface area contributed by atoms with Crippen molar-refractivity contribution in [3.8, 4) is 11.3 Å². The lowest BCUT2D eigenvalue weighted by molar-refractivity contribution is -0.783. The molecule has 3 atom stereocenters. The van der Waals surface area contributed by atoms with Gasteiger partial charge in [0.15, 0.2) is 6.04 Å². The average molecular weight is 619 g/mol. The molecule has 41 heavy (non-hydrogen) atoms. The van der Waals surface area contributed by atoms with Crippen molar-refractivity contribution in [2.24, 2.45) is 0 Å². The highest BCUT2D eigenvalue weighted by molar-refractivity contribution is 9.10. The Kier molecular flexibility index (Phi) is 8.13. The van der Waals surface area contributed by atoms with Crippen LogP contribution in [0, 0.1) is 0 Å². The summed E-state index contributed by atoms with van der Waals surface area (Å²) < 4.78 is 6.63. The van der Waals surface area contributed by atoms with Gasteiger partial charge in [-0.3, -0.25) is 15.0 Å². The molecule has 1 unspecified atom stereocenters. The lowest BCUT2D eigenvalue weighted by Gasteiger charge is -2.37. The highest BCUT2D eigenvalue weighted by Crippen LogP contribution is 2.40. The van der Waals surface area contributed by atoms with E-state index in [1.807, 2.05) is 92.6 Å². The van der Waals surface area contributed by atoms with E-state index in [-0.39, 0.29) is 28.4 Å². The number of amides is 4. The first kappa shape index (κ1) is 28.7. The number of likely N-dealkylation sites (N-methyl/N-ethyl adjacent to an activating group) is 1. The first-order chi connectivity index (χ1) is 19.6. The normalized spacial score (nSPS) is 19.3. The number of likely N-dealkylation sites (tertiary alicyclic amines) is 1. The molecule has 1 aromatic heterocycles. The van der Waals surface area contributed by atoms with Gasteiger partial charge in [-0.15, -0.1) is 0 Å². The van der Waals surface area contributed by atoms with Crippen molar-refractivity contribution in [2.45, 2.75) is 38.8 Å². The third-order valence-electron chi connectivity index (χ3n) is 7.85. The van der Waals surface area contributed by atoms with Crippen LogP contribution >= 0.6 is 15.9 Å². The largest absolute Gasteiger partial charge is 0.455 e. The van der Waals surface area contributed by atoms with Gasteiger partial charge in [-0.1, -0.05) is 30.3 Å². The fourth-order valence-corrected chi connectivity index (χ4v) is 6.40. The quantitative estimate of drug-likeness (QED) is 0.224. The van der Waals surface area contributed by atoms with Gasteiger partial charge in [0.2, 0.25) is 5.91 Å². The zero-order chi connectivity index (χ0) is 29.3. The third-order valence-corrected chi connectivity index (χ3v) is 8.64. The minimum absolute atomic E-state index is 0.126. The van der Waals surface area contributed by atoms with Crippen molar-refractivity contribution < 1.29 is 23.3 Å². The number of benzene rings is 3. The van der Waals surface area contributed by atoms with Crippen LogP contribution in [0.15, 0.2) is 81.7 Å². The summed E-state index contributed by atoms with van der Waals surface area (Å²) in [4.78, 5) is 41.6. The number of urea groups is 1. The SMILES string of the molecule is CC(=O)Nc1ccc(-c2oc3ccc(NC(=O)[N+]4(C(=O)[C@@H](c5ccccc5)N(C)C)CCC[C@H]4C)cc3c2Br)cc1. The van der Waals surface area contributed by atoms with E-state index in [4.69, 9.17) is 4.42 Å². The highest BCUT2D eigenvalue weighted by Gasteiger charge is 2.55. The Morgan fingerprint density at radius 1 is 0.976 bits per heavy atom. The summed E-state index contributed by atoms with van der Waals surface area (Å²) in [5.41, 5.74) is 3.65. The molecule has 9 heteroatoms. The molecule has 1 fully saturated rings. The number of nitrogens with one attached hydrogen (secondary N) is 2. The Morgan fingerprint density at radius 2 is 1.66 bits per heavy atom.